The SMILES string of the molecule is O=C1NC(=O)C2(CCSCC2)N1CN1CCCCC1. The summed E-state index contributed by atoms with van der Waals surface area (Å²) in [7, 11) is 0. The van der Waals surface area contributed by atoms with Gasteiger partial charge in [0.25, 0.3) is 5.91 Å². The van der Waals surface area contributed by atoms with E-state index in [4.69, 9.17) is 0 Å². The molecule has 0 aliphatic carbocycles. The third kappa shape index (κ3) is 2.36. The van der Waals surface area contributed by atoms with Crippen LogP contribution in [0, 0.1) is 0 Å². The van der Waals surface area contributed by atoms with Crippen LogP contribution >= 0.6 is 11.8 Å². The van der Waals surface area contributed by atoms with Gasteiger partial charge in [-0.25, -0.2) is 4.79 Å². The molecule has 3 rings (SSSR count). The van der Waals surface area contributed by atoms with Gasteiger partial charge >= 0.3 is 6.03 Å². The highest BCUT2D eigenvalue weighted by Crippen LogP contribution is 2.36. The van der Waals surface area contributed by atoms with Crippen molar-refractivity contribution in [3.8, 4) is 0 Å². The Morgan fingerprint density at radius 1 is 1.11 bits per heavy atom. The van der Waals surface area contributed by atoms with Crippen molar-refractivity contribution in [3.05, 3.63) is 0 Å². The van der Waals surface area contributed by atoms with Gasteiger partial charge in [0.2, 0.25) is 0 Å². The zero-order chi connectivity index (χ0) is 13.3. The molecule has 3 amide bonds. The van der Waals surface area contributed by atoms with Gasteiger partial charge in [0.15, 0.2) is 0 Å². The van der Waals surface area contributed by atoms with Gasteiger partial charge in [-0.15, -0.1) is 0 Å². The molecule has 1 N–H and O–H groups in total. The molecule has 0 aromatic rings. The summed E-state index contributed by atoms with van der Waals surface area (Å²) < 4.78 is 0. The Morgan fingerprint density at radius 3 is 2.47 bits per heavy atom. The molecular formula is C13H21N3O2S. The van der Waals surface area contributed by atoms with Gasteiger partial charge in [-0.1, -0.05) is 6.42 Å². The Labute approximate surface area is 118 Å². The molecule has 0 bridgehead atoms. The minimum atomic E-state index is -0.556. The Bertz CT molecular complexity index is 376. The van der Waals surface area contributed by atoms with E-state index in [0.717, 1.165) is 37.4 Å². The van der Waals surface area contributed by atoms with Gasteiger partial charge in [0, 0.05) is 0 Å². The van der Waals surface area contributed by atoms with Crippen LogP contribution in [0.25, 0.3) is 0 Å². The smallest absolute Gasteiger partial charge is 0.297 e. The fourth-order valence-electron chi connectivity index (χ4n) is 3.30. The molecule has 3 saturated heterocycles. The molecule has 106 valence electrons. The first-order chi connectivity index (χ1) is 9.22. The summed E-state index contributed by atoms with van der Waals surface area (Å²) in [6.45, 7) is 2.70. The molecule has 3 aliphatic heterocycles. The summed E-state index contributed by atoms with van der Waals surface area (Å²) in [5.74, 6) is 1.86. The quantitative estimate of drug-likeness (QED) is 0.775. The van der Waals surface area contributed by atoms with Crippen molar-refractivity contribution in [2.75, 3.05) is 31.3 Å². The second-order valence-corrected chi connectivity index (χ2v) is 6.88. The summed E-state index contributed by atoms with van der Waals surface area (Å²) in [6.07, 6.45) is 5.27. The molecule has 0 aromatic heterocycles. The number of thioether (sulfide) groups is 1. The van der Waals surface area contributed by atoms with Crippen LogP contribution in [0.1, 0.15) is 32.1 Å². The number of rotatable bonds is 2. The van der Waals surface area contributed by atoms with Crippen LogP contribution in [0.5, 0.6) is 0 Å². The monoisotopic (exact) mass is 283 g/mol. The number of amides is 3. The van der Waals surface area contributed by atoms with E-state index in [9.17, 15) is 9.59 Å². The number of hydrogen-bond acceptors (Lipinski definition) is 4. The van der Waals surface area contributed by atoms with E-state index >= 15 is 0 Å². The highest BCUT2D eigenvalue weighted by molar-refractivity contribution is 7.99. The van der Waals surface area contributed by atoms with Crippen LogP contribution in [0.3, 0.4) is 0 Å². The topological polar surface area (TPSA) is 52.7 Å². The van der Waals surface area contributed by atoms with E-state index in [-0.39, 0.29) is 11.9 Å². The molecular weight excluding hydrogens is 262 g/mol. The Hall–Kier alpha value is -0.750. The number of likely N-dealkylation sites (tertiary alicyclic amines) is 1. The van der Waals surface area contributed by atoms with E-state index in [1.54, 1.807) is 4.90 Å². The van der Waals surface area contributed by atoms with E-state index in [0.29, 0.717) is 6.67 Å². The minimum Gasteiger partial charge on any atom is -0.297 e. The largest absolute Gasteiger partial charge is 0.326 e. The summed E-state index contributed by atoms with van der Waals surface area (Å²) in [6, 6.07) is -0.192. The molecule has 0 aromatic carbocycles. The number of piperidine rings is 1. The standard InChI is InChI=1S/C13H21N3O2S/c17-11-13(4-8-19-9-5-13)16(12(18)14-11)10-15-6-2-1-3-7-15/h1-10H2,(H,14,17,18). The lowest BCUT2D eigenvalue weighted by atomic mass is 9.91. The van der Waals surface area contributed by atoms with Crippen molar-refractivity contribution in [1.82, 2.24) is 15.1 Å². The summed E-state index contributed by atoms with van der Waals surface area (Å²) >= 11 is 1.88. The Morgan fingerprint density at radius 2 is 1.79 bits per heavy atom. The van der Waals surface area contributed by atoms with Gasteiger partial charge in [-0.05, 0) is 50.3 Å². The Balaban J connectivity index is 1.76. The molecule has 1 spiro atoms. The highest BCUT2D eigenvalue weighted by atomic mass is 32.2. The lowest BCUT2D eigenvalue weighted by Crippen LogP contribution is -2.55. The number of imide groups is 1. The van der Waals surface area contributed by atoms with Crippen LogP contribution in [-0.4, -0.2) is 58.5 Å². The van der Waals surface area contributed by atoms with E-state index in [1.807, 2.05) is 11.8 Å². The van der Waals surface area contributed by atoms with E-state index in [2.05, 4.69) is 10.2 Å². The van der Waals surface area contributed by atoms with Crippen LogP contribution in [0.15, 0.2) is 0 Å². The maximum atomic E-state index is 12.2. The summed E-state index contributed by atoms with van der Waals surface area (Å²) in [4.78, 5) is 28.4. The normalized spacial score (nSPS) is 27.9. The van der Waals surface area contributed by atoms with Crippen molar-refractivity contribution in [2.24, 2.45) is 0 Å². The van der Waals surface area contributed by atoms with Crippen LogP contribution < -0.4 is 5.32 Å². The number of urea groups is 1. The molecule has 3 aliphatic rings. The third-order valence-corrected chi connectivity index (χ3v) is 5.50. The first-order valence-corrected chi connectivity index (χ1v) is 8.31. The van der Waals surface area contributed by atoms with Gasteiger partial charge in [-0.3, -0.25) is 19.9 Å². The maximum absolute atomic E-state index is 12.2. The maximum Gasteiger partial charge on any atom is 0.326 e. The van der Waals surface area contributed by atoms with Crippen LogP contribution in [-0.2, 0) is 4.79 Å². The van der Waals surface area contributed by atoms with Crippen molar-refractivity contribution in [1.29, 1.82) is 0 Å². The zero-order valence-corrected chi connectivity index (χ0v) is 12.0. The molecule has 3 heterocycles. The van der Waals surface area contributed by atoms with Gasteiger partial charge in [0.1, 0.15) is 5.54 Å². The van der Waals surface area contributed by atoms with Crippen molar-refractivity contribution < 1.29 is 9.59 Å². The molecule has 0 radical (unpaired) electrons. The average molecular weight is 283 g/mol. The summed E-state index contributed by atoms with van der Waals surface area (Å²) in [5, 5.41) is 2.53. The van der Waals surface area contributed by atoms with E-state index in [1.165, 1.54) is 19.3 Å². The summed E-state index contributed by atoms with van der Waals surface area (Å²) in [5.41, 5.74) is -0.556. The minimum absolute atomic E-state index is 0.0743. The van der Waals surface area contributed by atoms with Gasteiger partial charge in [-0.2, -0.15) is 11.8 Å². The van der Waals surface area contributed by atoms with Crippen molar-refractivity contribution in [2.45, 2.75) is 37.6 Å². The molecule has 0 unspecified atom stereocenters. The lowest BCUT2D eigenvalue weighted by Gasteiger charge is -2.41. The number of nitrogens with zero attached hydrogens (tertiary/aromatic N) is 2. The van der Waals surface area contributed by atoms with E-state index < -0.39 is 5.54 Å². The number of carbonyl (C=O) groups is 2. The Kier molecular flexibility index (Phi) is 3.71. The molecule has 5 nitrogen and oxygen atoms in total. The molecule has 6 heteroatoms. The fraction of sp³-hybridized carbons (Fsp3) is 0.846. The zero-order valence-electron chi connectivity index (χ0n) is 11.2. The van der Waals surface area contributed by atoms with Crippen LogP contribution in [0.2, 0.25) is 0 Å². The third-order valence-electron chi connectivity index (χ3n) is 4.52. The van der Waals surface area contributed by atoms with Gasteiger partial charge in [0.05, 0.1) is 6.67 Å². The number of nitrogens with one attached hydrogen (secondary N) is 1. The first kappa shape index (κ1) is 13.2. The molecule has 0 saturated carbocycles. The second-order valence-electron chi connectivity index (χ2n) is 5.65. The predicted molar refractivity (Wildman–Crippen MR) is 75.0 cm³/mol. The number of hydrogen-bond donors (Lipinski definition) is 1. The van der Waals surface area contributed by atoms with Crippen molar-refractivity contribution >= 4 is 23.7 Å². The lowest BCUT2D eigenvalue weighted by molar-refractivity contribution is -0.127. The fourth-order valence-corrected chi connectivity index (χ4v) is 4.47. The molecule has 0 atom stereocenters. The van der Waals surface area contributed by atoms with Crippen LogP contribution in [0.4, 0.5) is 4.79 Å². The highest BCUT2D eigenvalue weighted by Gasteiger charge is 2.53. The van der Waals surface area contributed by atoms with Gasteiger partial charge < -0.3 is 0 Å². The second kappa shape index (κ2) is 5.32. The first-order valence-electron chi connectivity index (χ1n) is 7.15. The number of carbonyl (C=O) groups excluding carboxylic acids is 2. The molecule has 19 heavy (non-hydrogen) atoms. The predicted octanol–water partition coefficient (Wildman–Crippen LogP) is 1.25. The van der Waals surface area contributed by atoms with Crippen molar-refractivity contribution in [3.63, 3.8) is 0 Å². The molecule has 3 fully saturated rings. The average Bonchev–Trinajstić information content (AvgIpc) is 2.66.